The van der Waals surface area contributed by atoms with Crippen LogP contribution in [0.2, 0.25) is 0 Å². The Morgan fingerprint density at radius 1 is 1.43 bits per heavy atom. The molecule has 0 unspecified atom stereocenters. The van der Waals surface area contributed by atoms with Crippen LogP contribution in [0.25, 0.3) is 11.0 Å². The van der Waals surface area contributed by atoms with E-state index in [9.17, 15) is 14.3 Å². The molecule has 1 fully saturated rings. The quantitative estimate of drug-likeness (QED) is 0.915. The Labute approximate surface area is 125 Å². The highest BCUT2D eigenvalue weighted by Gasteiger charge is 2.30. The molecule has 0 radical (unpaired) electrons. The number of amides is 1. The first-order valence-corrected chi connectivity index (χ1v) is 7.99. The van der Waals surface area contributed by atoms with Crippen molar-refractivity contribution in [3.63, 3.8) is 0 Å². The number of hydrogen-bond donors (Lipinski definition) is 2. The van der Waals surface area contributed by atoms with Crippen LogP contribution >= 0.6 is 11.8 Å². The van der Waals surface area contributed by atoms with E-state index in [4.69, 9.17) is 4.42 Å². The number of thioether (sulfide) groups is 1. The molecule has 0 bridgehead atoms. The number of hydrogen-bond acceptors (Lipinski definition) is 4. The fourth-order valence-corrected chi connectivity index (χ4v) is 3.65. The molecule has 1 aromatic heterocycles. The van der Waals surface area contributed by atoms with Crippen LogP contribution in [0, 0.1) is 5.82 Å². The molecule has 0 atom stereocenters. The third-order valence-corrected chi connectivity index (χ3v) is 4.71. The molecule has 3 rings (SSSR count). The average molecular weight is 309 g/mol. The van der Waals surface area contributed by atoms with E-state index in [-0.39, 0.29) is 17.9 Å². The second-order valence-electron chi connectivity index (χ2n) is 5.29. The summed E-state index contributed by atoms with van der Waals surface area (Å²) in [6.07, 6.45) is 1.32. The van der Waals surface area contributed by atoms with Crippen LogP contribution in [0.15, 0.2) is 28.7 Å². The molecule has 1 aliphatic heterocycles. The molecular weight excluding hydrogens is 293 g/mol. The van der Waals surface area contributed by atoms with Crippen LogP contribution in [0.4, 0.5) is 4.39 Å². The zero-order valence-electron chi connectivity index (χ0n) is 11.4. The summed E-state index contributed by atoms with van der Waals surface area (Å²) >= 11 is 1.80. The third-order valence-electron chi connectivity index (χ3n) is 3.72. The van der Waals surface area contributed by atoms with E-state index in [0.29, 0.717) is 18.2 Å². The summed E-state index contributed by atoms with van der Waals surface area (Å²) < 4.78 is 18.8. The molecule has 21 heavy (non-hydrogen) atoms. The SMILES string of the molecule is O=C(NCC1(O)CCSCC1)c1cc2cccc(F)c2o1. The Morgan fingerprint density at radius 2 is 2.19 bits per heavy atom. The summed E-state index contributed by atoms with van der Waals surface area (Å²) in [5.74, 6) is 0.917. The molecule has 2 heterocycles. The minimum Gasteiger partial charge on any atom is -0.448 e. The topological polar surface area (TPSA) is 62.5 Å². The summed E-state index contributed by atoms with van der Waals surface area (Å²) in [5.41, 5.74) is -0.770. The number of carbonyl (C=O) groups is 1. The number of benzene rings is 1. The van der Waals surface area contributed by atoms with Crippen molar-refractivity contribution < 1.29 is 18.7 Å². The Balaban J connectivity index is 1.70. The molecule has 1 amide bonds. The van der Waals surface area contributed by atoms with Crippen molar-refractivity contribution in [3.8, 4) is 0 Å². The van der Waals surface area contributed by atoms with E-state index in [1.807, 2.05) is 0 Å². The van der Waals surface area contributed by atoms with Gasteiger partial charge in [0.2, 0.25) is 0 Å². The van der Waals surface area contributed by atoms with E-state index >= 15 is 0 Å². The Hall–Kier alpha value is -1.53. The van der Waals surface area contributed by atoms with Gasteiger partial charge < -0.3 is 14.8 Å². The fraction of sp³-hybridized carbons (Fsp3) is 0.400. The maximum absolute atomic E-state index is 13.5. The van der Waals surface area contributed by atoms with Crippen molar-refractivity contribution in [1.82, 2.24) is 5.32 Å². The molecule has 1 aliphatic rings. The number of halogens is 1. The first kappa shape index (κ1) is 14.4. The summed E-state index contributed by atoms with van der Waals surface area (Å²) in [5, 5.41) is 13.6. The van der Waals surface area contributed by atoms with Gasteiger partial charge in [0.05, 0.1) is 5.60 Å². The monoisotopic (exact) mass is 309 g/mol. The average Bonchev–Trinajstić information content (AvgIpc) is 2.91. The standard InChI is InChI=1S/C15H16FNO3S/c16-11-3-1-2-10-8-12(20-13(10)11)14(18)17-9-15(19)4-6-21-7-5-15/h1-3,8,19H,4-7,9H2,(H,17,18). The van der Waals surface area contributed by atoms with Gasteiger partial charge in [0, 0.05) is 11.9 Å². The van der Waals surface area contributed by atoms with E-state index in [2.05, 4.69) is 5.32 Å². The van der Waals surface area contributed by atoms with Crippen LogP contribution in [0.3, 0.4) is 0 Å². The number of nitrogens with one attached hydrogen (secondary N) is 1. The molecule has 1 aromatic carbocycles. The number of furan rings is 1. The number of para-hydroxylation sites is 1. The molecule has 6 heteroatoms. The van der Waals surface area contributed by atoms with Gasteiger partial charge in [-0.15, -0.1) is 0 Å². The van der Waals surface area contributed by atoms with Crippen molar-refractivity contribution in [2.45, 2.75) is 18.4 Å². The van der Waals surface area contributed by atoms with Gasteiger partial charge in [-0.25, -0.2) is 4.39 Å². The normalized spacial score (nSPS) is 17.8. The maximum atomic E-state index is 13.5. The van der Waals surface area contributed by atoms with Crippen molar-refractivity contribution in [1.29, 1.82) is 0 Å². The lowest BCUT2D eigenvalue weighted by molar-refractivity contribution is 0.0307. The zero-order chi connectivity index (χ0) is 14.9. The molecule has 2 aromatic rings. The molecule has 0 spiro atoms. The molecule has 1 saturated heterocycles. The minimum atomic E-state index is -0.849. The van der Waals surface area contributed by atoms with E-state index in [1.54, 1.807) is 23.9 Å². The lowest BCUT2D eigenvalue weighted by atomic mass is 9.97. The van der Waals surface area contributed by atoms with Crippen LogP contribution in [0.5, 0.6) is 0 Å². The summed E-state index contributed by atoms with van der Waals surface area (Å²) in [7, 11) is 0. The Kier molecular flexibility index (Phi) is 3.91. The third kappa shape index (κ3) is 3.06. The second-order valence-corrected chi connectivity index (χ2v) is 6.51. The minimum absolute atomic E-state index is 0.0592. The molecular formula is C15H16FNO3S. The van der Waals surface area contributed by atoms with Gasteiger partial charge >= 0.3 is 0 Å². The van der Waals surface area contributed by atoms with Gasteiger partial charge in [-0.2, -0.15) is 11.8 Å². The molecule has 112 valence electrons. The molecule has 2 N–H and O–H groups in total. The molecule has 0 aliphatic carbocycles. The number of aliphatic hydroxyl groups is 1. The van der Waals surface area contributed by atoms with Crippen LogP contribution in [-0.4, -0.2) is 34.7 Å². The van der Waals surface area contributed by atoms with Gasteiger partial charge in [0.25, 0.3) is 5.91 Å². The predicted octanol–water partition coefficient (Wildman–Crippen LogP) is 2.56. The van der Waals surface area contributed by atoms with Crippen molar-refractivity contribution >= 4 is 28.6 Å². The lowest BCUT2D eigenvalue weighted by Crippen LogP contribution is -2.45. The van der Waals surface area contributed by atoms with E-state index in [0.717, 1.165) is 11.5 Å². The Morgan fingerprint density at radius 3 is 2.90 bits per heavy atom. The number of fused-ring (bicyclic) bond motifs is 1. The fourth-order valence-electron chi connectivity index (χ4n) is 2.40. The van der Waals surface area contributed by atoms with Crippen LogP contribution < -0.4 is 5.32 Å². The van der Waals surface area contributed by atoms with Gasteiger partial charge in [-0.3, -0.25) is 4.79 Å². The van der Waals surface area contributed by atoms with Crippen molar-refractivity contribution in [2.24, 2.45) is 0 Å². The van der Waals surface area contributed by atoms with Crippen LogP contribution in [-0.2, 0) is 0 Å². The summed E-state index contributed by atoms with van der Waals surface area (Å²) in [6.45, 7) is 0.186. The van der Waals surface area contributed by atoms with E-state index in [1.165, 1.54) is 12.1 Å². The summed E-state index contributed by atoms with van der Waals surface area (Å²) in [6, 6.07) is 6.05. The van der Waals surface area contributed by atoms with Crippen LogP contribution in [0.1, 0.15) is 23.4 Å². The van der Waals surface area contributed by atoms with E-state index < -0.39 is 17.3 Å². The highest BCUT2D eigenvalue weighted by Crippen LogP contribution is 2.26. The van der Waals surface area contributed by atoms with Gasteiger partial charge in [0.15, 0.2) is 17.2 Å². The largest absolute Gasteiger partial charge is 0.448 e. The summed E-state index contributed by atoms with van der Waals surface area (Å²) in [4.78, 5) is 12.1. The van der Waals surface area contributed by atoms with Gasteiger partial charge in [-0.1, -0.05) is 12.1 Å². The first-order chi connectivity index (χ1) is 10.1. The van der Waals surface area contributed by atoms with Gasteiger partial charge in [-0.05, 0) is 36.5 Å². The van der Waals surface area contributed by atoms with Crippen molar-refractivity contribution in [2.75, 3.05) is 18.1 Å². The molecule has 4 nitrogen and oxygen atoms in total. The highest BCUT2D eigenvalue weighted by molar-refractivity contribution is 7.99. The highest BCUT2D eigenvalue weighted by atomic mass is 32.2. The number of rotatable bonds is 3. The zero-order valence-corrected chi connectivity index (χ0v) is 12.2. The smallest absolute Gasteiger partial charge is 0.287 e. The maximum Gasteiger partial charge on any atom is 0.287 e. The van der Waals surface area contributed by atoms with Crippen molar-refractivity contribution in [3.05, 3.63) is 35.8 Å². The Bertz CT molecular complexity index is 664. The molecule has 0 saturated carbocycles. The number of carbonyl (C=O) groups excluding carboxylic acids is 1. The van der Waals surface area contributed by atoms with Gasteiger partial charge in [0.1, 0.15) is 0 Å². The predicted molar refractivity (Wildman–Crippen MR) is 80.0 cm³/mol. The lowest BCUT2D eigenvalue weighted by Gasteiger charge is -2.31. The first-order valence-electron chi connectivity index (χ1n) is 6.84. The second kappa shape index (κ2) is 5.69.